The van der Waals surface area contributed by atoms with Crippen LogP contribution in [0.2, 0.25) is 0 Å². The van der Waals surface area contributed by atoms with Crippen LogP contribution in [-0.4, -0.2) is 65.4 Å². The van der Waals surface area contributed by atoms with E-state index in [2.05, 4.69) is 31.2 Å². The van der Waals surface area contributed by atoms with Crippen molar-refractivity contribution in [1.82, 2.24) is 15.2 Å². The third-order valence-electron chi connectivity index (χ3n) is 5.90. The summed E-state index contributed by atoms with van der Waals surface area (Å²) in [6.07, 6.45) is 3.30. The van der Waals surface area contributed by atoms with Crippen LogP contribution >= 0.6 is 39.0 Å². The molecule has 1 unspecified atom stereocenters. The van der Waals surface area contributed by atoms with E-state index in [0.717, 1.165) is 6.29 Å². The van der Waals surface area contributed by atoms with Gasteiger partial charge in [0.2, 0.25) is 0 Å². The Morgan fingerprint density at radius 3 is 2.83 bits per heavy atom. The lowest BCUT2D eigenvalue weighted by atomic mass is 9.93. The molecule has 186 valence electrons. The monoisotopic (exact) mass is 586 g/mol. The van der Waals surface area contributed by atoms with Crippen molar-refractivity contribution in [2.24, 2.45) is 10.9 Å². The summed E-state index contributed by atoms with van der Waals surface area (Å²) in [5.74, 6) is -3.31. The van der Waals surface area contributed by atoms with Gasteiger partial charge in [-0.2, -0.15) is 11.8 Å². The van der Waals surface area contributed by atoms with Crippen LogP contribution in [0.25, 0.3) is 0 Å². The topological polar surface area (TPSA) is 74.7 Å². The molecule has 2 aromatic rings. The number of aldehydes is 2. The van der Waals surface area contributed by atoms with Gasteiger partial charge in [0.25, 0.3) is 5.92 Å². The summed E-state index contributed by atoms with van der Waals surface area (Å²) in [5, 5.41) is 5.52. The number of thiazole rings is 1. The molecule has 2 atom stereocenters. The van der Waals surface area contributed by atoms with Crippen molar-refractivity contribution in [2.45, 2.75) is 18.4 Å². The quantitative estimate of drug-likeness (QED) is 0.345. The first-order valence-electron chi connectivity index (χ1n) is 10.8. The highest BCUT2D eigenvalue weighted by atomic mass is 79.9. The summed E-state index contributed by atoms with van der Waals surface area (Å²) in [5.41, 5.74) is 1.34. The molecule has 6 nitrogen and oxygen atoms in total. The molecule has 1 fully saturated rings. The van der Waals surface area contributed by atoms with Gasteiger partial charge in [-0.15, -0.1) is 11.3 Å². The van der Waals surface area contributed by atoms with E-state index in [-0.39, 0.29) is 24.5 Å². The number of alkyl halides is 2. The molecule has 0 spiro atoms. The Morgan fingerprint density at radius 1 is 1.34 bits per heavy atom. The number of nitrogens with one attached hydrogen (secondary N) is 1. The van der Waals surface area contributed by atoms with Gasteiger partial charge >= 0.3 is 0 Å². The number of carbonyl (C=O) groups excluding carboxylic acids is 2. The molecule has 1 saturated heterocycles. The van der Waals surface area contributed by atoms with Crippen molar-refractivity contribution >= 4 is 57.4 Å². The molecule has 35 heavy (non-hydrogen) atoms. The number of carbonyl (C=O) groups is 2. The lowest BCUT2D eigenvalue weighted by Gasteiger charge is -2.39. The number of likely N-dealkylation sites (tertiary alicyclic amines) is 1. The highest BCUT2D eigenvalue weighted by molar-refractivity contribution is 9.10. The maximum absolute atomic E-state index is 14.9. The van der Waals surface area contributed by atoms with E-state index in [1.54, 1.807) is 22.5 Å². The van der Waals surface area contributed by atoms with E-state index in [1.165, 1.54) is 35.2 Å². The summed E-state index contributed by atoms with van der Waals surface area (Å²) >= 11 is 5.93. The number of aromatic nitrogens is 1. The Labute approximate surface area is 217 Å². The smallest absolute Gasteiger partial charge is 0.264 e. The summed E-state index contributed by atoms with van der Waals surface area (Å²) in [6, 6.07) is 3.38. The lowest BCUT2D eigenvalue weighted by Crippen LogP contribution is -2.51. The minimum atomic E-state index is -2.92. The number of hydrogen-bond donors (Lipinski definition) is 1. The number of hydrogen-bond acceptors (Lipinski definition) is 8. The minimum Gasteiger partial charge on any atom is -0.340 e. The van der Waals surface area contributed by atoms with Crippen LogP contribution in [0.15, 0.2) is 50.5 Å². The Kier molecular flexibility index (Phi) is 8.46. The molecule has 2 aliphatic rings. The number of halogens is 4. The van der Waals surface area contributed by atoms with Crippen molar-refractivity contribution in [3.05, 3.63) is 61.9 Å². The predicted molar refractivity (Wildman–Crippen MR) is 135 cm³/mol. The Hall–Kier alpha value is -2.02. The Balaban J connectivity index is 1.62. The first-order chi connectivity index (χ1) is 16.8. The van der Waals surface area contributed by atoms with Gasteiger partial charge in [-0.1, -0.05) is 22.0 Å². The molecule has 0 aliphatic carbocycles. The average Bonchev–Trinajstić information content (AvgIpc) is 3.35. The number of piperidine rings is 1. The van der Waals surface area contributed by atoms with Crippen molar-refractivity contribution in [3.8, 4) is 0 Å². The number of amidine groups is 1. The normalized spacial score (nSPS) is 22.5. The molecular weight excluding hydrogens is 565 g/mol. The van der Waals surface area contributed by atoms with Crippen LogP contribution in [0, 0.1) is 11.7 Å². The van der Waals surface area contributed by atoms with E-state index in [9.17, 15) is 22.8 Å². The molecule has 0 radical (unpaired) electrons. The summed E-state index contributed by atoms with van der Waals surface area (Å²) in [4.78, 5) is 33.3. The molecule has 0 amide bonds. The zero-order chi connectivity index (χ0) is 25.0. The maximum Gasteiger partial charge on any atom is 0.264 e. The van der Waals surface area contributed by atoms with Crippen molar-refractivity contribution < 1.29 is 22.8 Å². The molecule has 2 aliphatic heterocycles. The molecule has 0 bridgehead atoms. The van der Waals surface area contributed by atoms with E-state index >= 15 is 0 Å². The second-order valence-electron chi connectivity index (χ2n) is 8.22. The molecule has 4 rings (SSSR count). The third-order valence-corrected chi connectivity index (χ3v) is 8.38. The minimum absolute atomic E-state index is 0.0948. The molecule has 1 N–H and O–H groups in total. The molecular formula is C23H22BrF3N4O2S2. The van der Waals surface area contributed by atoms with Crippen molar-refractivity contribution in [3.63, 3.8) is 0 Å². The van der Waals surface area contributed by atoms with Gasteiger partial charge in [0.05, 0.1) is 6.54 Å². The molecule has 0 saturated carbocycles. The van der Waals surface area contributed by atoms with Crippen molar-refractivity contribution in [1.29, 1.82) is 0 Å². The highest BCUT2D eigenvalue weighted by Crippen LogP contribution is 2.38. The largest absolute Gasteiger partial charge is 0.340 e. The van der Waals surface area contributed by atoms with Gasteiger partial charge in [-0.05, 0) is 30.7 Å². The number of benzene rings is 1. The van der Waals surface area contributed by atoms with E-state index in [0.29, 0.717) is 45.0 Å². The van der Waals surface area contributed by atoms with Crippen LogP contribution in [0.5, 0.6) is 0 Å². The van der Waals surface area contributed by atoms with Crippen LogP contribution in [0.3, 0.4) is 0 Å². The van der Waals surface area contributed by atoms with Crippen molar-refractivity contribution in [2.75, 3.05) is 31.1 Å². The van der Waals surface area contributed by atoms with Gasteiger partial charge in [0, 0.05) is 51.3 Å². The Bertz CT molecular complexity index is 1140. The lowest BCUT2D eigenvalue weighted by molar-refractivity contribution is -0.106. The van der Waals surface area contributed by atoms with Gasteiger partial charge < -0.3 is 10.1 Å². The Morgan fingerprint density at radius 2 is 2.17 bits per heavy atom. The first kappa shape index (κ1) is 26.1. The highest BCUT2D eigenvalue weighted by Gasteiger charge is 2.44. The van der Waals surface area contributed by atoms with E-state index in [4.69, 9.17) is 0 Å². The SMILES string of the molecule is O=CCSCC1CCN(CC2=C(C=O)[C@H](c3ccc(F)cc3Br)N=C(c3nccs3)N2)CC1(F)F. The van der Waals surface area contributed by atoms with E-state index < -0.39 is 30.2 Å². The standard InChI is InChI=1S/C23H22BrF3N4O2S2/c24-18-9-15(25)1-2-16(18)20-17(11-33)19(29-21(30-20)22-28-4-7-35-22)10-31-5-3-14(12-34-8-6-32)23(26,27)13-31/h1-2,4,6-7,9,11,14,20H,3,5,8,10,12-13H2,(H,29,30)/t14?,20-/m0/s1. The van der Waals surface area contributed by atoms with Gasteiger partial charge in [0.15, 0.2) is 10.8 Å². The predicted octanol–water partition coefficient (Wildman–Crippen LogP) is 4.48. The zero-order valence-electron chi connectivity index (χ0n) is 18.4. The summed E-state index contributed by atoms with van der Waals surface area (Å²) in [7, 11) is 0. The maximum atomic E-state index is 14.9. The fourth-order valence-electron chi connectivity index (χ4n) is 4.16. The number of nitrogens with zero attached hydrogens (tertiary/aromatic N) is 3. The van der Waals surface area contributed by atoms with Gasteiger partial charge in [-0.25, -0.2) is 18.2 Å². The number of rotatable bonds is 9. The zero-order valence-corrected chi connectivity index (χ0v) is 21.6. The van der Waals surface area contributed by atoms with Crippen LogP contribution in [0.1, 0.15) is 23.0 Å². The summed E-state index contributed by atoms with van der Waals surface area (Å²) < 4.78 is 43.9. The fraction of sp³-hybridized carbons (Fsp3) is 0.391. The van der Waals surface area contributed by atoms with Gasteiger partial charge in [-0.3, -0.25) is 14.7 Å². The van der Waals surface area contributed by atoms with Gasteiger partial charge in [0.1, 0.15) is 24.4 Å². The van der Waals surface area contributed by atoms with Crippen LogP contribution in [0.4, 0.5) is 13.2 Å². The molecule has 12 heteroatoms. The average molecular weight is 587 g/mol. The first-order valence-corrected chi connectivity index (χ1v) is 13.6. The van der Waals surface area contributed by atoms with Crippen LogP contribution in [-0.2, 0) is 9.59 Å². The number of thioether (sulfide) groups is 1. The second kappa shape index (κ2) is 11.4. The van der Waals surface area contributed by atoms with Crippen LogP contribution < -0.4 is 5.32 Å². The second-order valence-corrected chi connectivity index (χ2v) is 11.0. The third kappa shape index (κ3) is 6.04. The fourth-order valence-corrected chi connectivity index (χ4v) is 6.25. The van der Waals surface area contributed by atoms with E-state index in [1.807, 2.05) is 0 Å². The summed E-state index contributed by atoms with van der Waals surface area (Å²) in [6.45, 7) is 0.0662. The number of aliphatic imine (C=N–C) groups is 1. The molecule has 1 aromatic heterocycles. The molecule has 1 aromatic carbocycles. The molecule has 3 heterocycles.